The van der Waals surface area contributed by atoms with Crippen LogP contribution in [0.5, 0.6) is 11.5 Å². The minimum absolute atomic E-state index is 0.281. The van der Waals surface area contributed by atoms with E-state index in [-0.39, 0.29) is 5.02 Å². The Morgan fingerprint density at radius 1 is 1.17 bits per heavy atom. The summed E-state index contributed by atoms with van der Waals surface area (Å²) in [4.78, 5) is 12.6. The predicted molar refractivity (Wildman–Crippen MR) is 98.8 cm³/mol. The van der Waals surface area contributed by atoms with E-state index in [1.54, 1.807) is 18.2 Å². The van der Waals surface area contributed by atoms with E-state index >= 15 is 0 Å². The quantitative estimate of drug-likeness (QED) is 0.643. The van der Waals surface area contributed by atoms with Crippen LogP contribution in [-0.2, 0) is 0 Å². The molecule has 0 heterocycles. The van der Waals surface area contributed by atoms with Gasteiger partial charge in [0, 0.05) is 16.2 Å². The highest BCUT2D eigenvalue weighted by Crippen LogP contribution is 2.37. The van der Waals surface area contributed by atoms with Crippen LogP contribution in [0.2, 0.25) is 5.02 Å². The minimum Gasteiger partial charge on any atom is -0.495 e. The number of ether oxygens (including phenoxy) is 2. The number of amides is 1. The van der Waals surface area contributed by atoms with Gasteiger partial charge >= 0.3 is 0 Å². The number of anilines is 2. The largest absolute Gasteiger partial charge is 0.495 e. The lowest BCUT2D eigenvalue weighted by Crippen LogP contribution is -2.15. The smallest absolute Gasteiger partial charge is 0.259 e. The first kappa shape index (κ1) is 17.9. The van der Waals surface area contributed by atoms with E-state index in [0.29, 0.717) is 32.9 Å². The van der Waals surface area contributed by atoms with E-state index in [9.17, 15) is 4.79 Å². The molecule has 0 unspecified atom stereocenters. The second-order valence-electron chi connectivity index (χ2n) is 4.50. The molecular weight excluding hydrogens is 451 g/mol. The van der Waals surface area contributed by atoms with Gasteiger partial charge in [0.2, 0.25) is 0 Å². The lowest BCUT2D eigenvalue weighted by atomic mass is 10.1. The Morgan fingerprint density at radius 3 is 2.48 bits per heavy atom. The van der Waals surface area contributed by atoms with E-state index in [1.807, 2.05) is 0 Å². The molecule has 1 amide bonds. The fourth-order valence-electron chi connectivity index (χ4n) is 2.00. The molecule has 5 nitrogen and oxygen atoms in total. The Morgan fingerprint density at radius 2 is 1.87 bits per heavy atom. The van der Waals surface area contributed by atoms with Gasteiger partial charge in [0.1, 0.15) is 17.2 Å². The predicted octanol–water partition coefficient (Wildman–Crippen LogP) is 4.72. The molecule has 2 rings (SSSR count). The van der Waals surface area contributed by atoms with Gasteiger partial charge in [-0.3, -0.25) is 4.79 Å². The highest BCUT2D eigenvalue weighted by Gasteiger charge is 2.19. The highest BCUT2D eigenvalue weighted by atomic mass is 79.9. The Balaban J connectivity index is 2.45. The Hall–Kier alpha value is -1.44. The molecule has 2 aromatic rings. The van der Waals surface area contributed by atoms with Gasteiger partial charge in [-0.05, 0) is 34.1 Å². The zero-order chi connectivity index (χ0) is 17.1. The molecule has 0 aliphatic heterocycles. The molecule has 3 N–H and O–H groups in total. The maximum absolute atomic E-state index is 12.6. The third-order valence-electron chi connectivity index (χ3n) is 2.99. The number of nitrogens with one attached hydrogen (secondary N) is 1. The van der Waals surface area contributed by atoms with Crippen LogP contribution in [0.25, 0.3) is 0 Å². The molecule has 0 aliphatic carbocycles. The summed E-state index contributed by atoms with van der Waals surface area (Å²) < 4.78 is 11.9. The van der Waals surface area contributed by atoms with Crippen molar-refractivity contribution in [3.63, 3.8) is 0 Å². The number of benzene rings is 2. The van der Waals surface area contributed by atoms with Gasteiger partial charge in [-0.1, -0.05) is 27.5 Å². The molecule has 0 saturated heterocycles. The van der Waals surface area contributed by atoms with Crippen LogP contribution >= 0.6 is 43.5 Å². The number of carbonyl (C=O) groups excluding carboxylic acids is 1. The van der Waals surface area contributed by atoms with Crippen LogP contribution in [0, 0.1) is 0 Å². The van der Waals surface area contributed by atoms with Crippen molar-refractivity contribution in [3.8, 4) is 11.5 Å². The van der Waals surface area contributed by atoms with Crippen molar-refractivity contribution < 1.29 is 14.3 Å². The molecule has 0 fully saturated rings. The summed E-state index contributed by atoms with van der Waals surface area (Å²) in [5.74, 6) is 0.390. The van der Waals surface area contributed by atoms with E-state index in [1.165, 1.54) is 20.3 Å². The first-order chi connectivity index (χ1) is 10.9. The number of rotatable bonds is 4. The van der Waals surface area contributed by atoms with Crippen molar-refractivity contribution in [2.45, 2.75) is 0 Å². The van der Waals surface area contributed by atoms with E-state index in [0.717, 1.165) is 4.47 Å². The van der Waals surface area contributed by atoms with Crippen molar-refractivity contribution in [3.05, 3.63) is 43.8 Å². The molecule has 122 valence electrons. The van der Waals surface area contributed by atoms with Gasteiger partial charge in [-0.15, -0.1) is 0 Å². The van der Waals surface area contributed by atoms with Crippen molar-refractivity contribution in [1.29, 1.82) is 0 Å². The van der Waals surface area contributed by atoms with E-state index < -0.39 is 5.91 Å². The molecule has 0 radical (unpaired) electrons. The molecule has 0 atom stereocenters. The highest BCUT2D eigenvalue weighted by molar-refractivity contribution is 9.11. The number of nitrogens with two attached hydrogens (primary N) is 1. The average Bonchev–Trinajstić information content (AvgIpc) is 2.48. The summed E-state index contributed by atoms with van der Waals surface area (Å²) in [6.45, 7) is 0. The molecule has 8 heteroatoms. The Labute approximate surface area is 155 Å². The fraction of sp³-hybridized carbons (Fsp3) is 0.133. The maximum Gasteiger partial charge on any atom is 0.259 e. The van der Waals surface area contributed by atoms with Crippen molar-refractivity contribution >= 4 is 60.7 Å². The molecule has 0 spiro atoms. The first-order valence-corrected chi connectivity index (χ1v) is 8.31. The van der Waals surface area contributed by atoms with Gasteiger partial charge in [-0.2, -0.15) is 0 Å². The van der Waals surface area contributed by atoms with Gasteiger partial charge in [0.15, 0.2) is 0 Å². The van der Waals surface area contributed by atoms with Crippen molar-refractivity contribution in [2.24, 2.45) is 0 Å². The topological polar surface area (TPSA) is 73.6 Å². The maximum atomic E-state index is 12.6. The number of hydrogen-bond acceptors (Lipinski definition) is 4. The van der Waals surface area contributed by atoms with Gasteiger partial charge in [0.05, 0.1) is 29.3 Å². The summed E-state index contributed by atoms with van der Waals surface area (Å²) >= 11 is 12.9. The molecule has 0 aromatic heterocycles. The summed E-state index contributed by atoms with van der Waals surface area (Å²) in [5, 5.41) is 3.01. The second kappa shape index (κ2) is 7.42. The normalized spacial score (nSPS) is 10.3. The van der Waals surface area contributed by atoms with Crippen LogP contribution in [0.1, 0.15) is 10.4 Å². The summed E-state index contributed by atoms with van der Waals surface area (Å²) in [5.41, 5.74) is 6.84. The second-order valence-corrected chi connectivity index (χ2v) is 6.68. The third kappa shape index (κ3) is 3.91. The molecule has 2 aromatic carbocycles. The van der Waals surface area contributed by atoms with Gasteiger partial charge < -0.3 is 20.5 Å². The number of nitrogen functional groups attached to an aromatic ring is 1. The number of carbonyl (C=O) groups is 1. The number of methoxy groups -OCH3 is 2. The van der Waals surface area contributed by atoms with E-state index in [4.69, 9.17) is 26.8 Å². The monoisotopic (exact) mass is 462 g/mol. The SMILES string of the molecule is COc1cc(N)cc(Cl)c1NC(=O)c1cc(Br)cc(Br)c1OC. The van der Waals surface area contributed by atoms with Crippen LogP contribution in [0.4, 0.5) is 11.4 Å². The third-order valence-corrected chi connectivity index (χ3v) is 4.34. The van der Waals surface area contributed by atoms with Crippen LogP contribution < -0.4 is 20.5 Å². The molecule has 0 saturated carbocycles. The number of halogens is 3. The molecular formula is C15H13Br2ClN2O3. The standard InChI is InChI=1S/C15H13Br2ClN2O3/c1-22-12-6-8(19)5-11(18)13(12)20-15(21)9-3-7(16)4-10(17)14(9)23-2/h3-6H,19H2,1-2H3,(H,20,21). The lowest BCUT2D eigenvalue weighted by Gasteiger charge is -2.15. The number of hydrogen-bond donors (Lipinski definition) is 2. The van der Waals surface area contributed by atoms with Crippen LogP contribution in [-0.4, -0.2) is 20.1 Å². The van der Waals surface area contributed by atoms with Crippen molar-refractivity contribution in [1.82, 2.24) is 0 Å². The van der Waals surface area contributed by atoms with Gasteiger partial charge in [-0.25, -0.2) is 0 Å². The summed E-state index contributed by atoms with van der Waals surface area (Å²) in [6.07, 6.45) is 0. The Bertz CT molecular complexity index is 769. The average molecular weight is 465 g/mol. The van der Waals surface area contributed by atoms with E-state index in [2.05, 4.69) is 37.2 Å². The van der Waals surface area contributed by atoms with Crippen LogP contribution in [0.15, 0.2) is 33.2 Å². The van der Waals surface area contributed by atoms with Crippen LogP contribution in [0.3, 0.4) is 0 Å². The fourth-order valence-corrected chi connectivity index (χ4v) is 3.65. The minimum atomic E-state index is -0.395. The van der Waals surface area contributed by atoms with Gasteiger partial charge in [0.25, 0.3) is 5.91 Å². The Kier molecular flexibility index (Phi) is 5.78. The summed E-state index contributed by atoms with van der Waals surface area (Å²) in [7, 11) is 2.96. The first-order valence-electron chi connectivity index (χ1n) is 6.34. The molecule has 0 aliphatic rings. The molecule has 0 bridgehead atoms. The lowest BCUT2D eigenvalue weighted by molar-refractivity contribution is 0.102. The van der Waals surface area contributed by atoms with Crippen molar-refractivity contribution in [2.75, 3.05) is 25.3 Å². The zero-order valence-electron chi connectivity index (χ0n) is 12.2. The summed E-state index contributed by atoms with van der Waals surface area (Å²) in [6, 6.07) is 6.55. The zero-order valence-corrected chi connectivity index (χ0v) is 16.2. The molecule has 23 heavy (non-hydrogen) atoms.